The van der Waals surface area contributed by atoms with Crippen LogP contribution in [0, 0.1) is 0 Å². The first-order valence-electron chi connectivity index (χ1n) is 7.13. The van der Waals surface area contributed by atoms with E-state index in [1.165, 1.54) is 64.2 Å². The topological polar surface area (TPSA) is 12.5 Å². The van der Waals surface area contributed by atoms with Crippen LogP contribution in [0.2, 0.25) is 0 Å². The van der Waals surface area contributed by atoms with E-state index in [0.29, 0.717) is 0 Å². The lowest BCUT2D eigenvalue weighted by molar-refractivity contribution is 0.365. The highest BCUT2D eigenvalue weighted by molar-refractivity contribution is 7.81. The molecule has 0 amide bonds. The van der Waals surface area contributed by atoms with Crippen LogP contribution in [0.4, 0.5) is 0 Å². The van der Waals surface area contributed by atoms with Crippen molar-refractivity contribution in [2.24, 2.45) is 0 Å². The molecule has 1 atom stereocenters. The molecule has 1 rings (SSSR count). The summed E-state index contributed by atoms with van der Waals surface area (Å²) < 4.78 is 5.24. The van der Waals surface area contributed by atoms with Crippen molar-refractivity contribution in [3.8, 4) is 0 Å². The summed E-state index contributed by atoms with van der Waals surface area (Å²) in [6, 6.07) is 0. The van der Waals surface area contributed by atoms with Crippen LogP contribution in [0.15, 0.2) is 0 Å². The van der Waals surface area contributed by atoms with E-state index in [1.54, 1.807) is 0 Å². The van der Waals surface area contributed by atoms with E-state index in [-0.39, 0.29) is 4.93 Å². The number of rotatable bonds is 11. The van der Waals surface area contributed by atoms with Crippen molar-refractivity contribution in [2.75, 3.05) is 6.61 Å². The minimum atomic E-state index is -0.0137. The molecule has 96 valence electrons. The van der Waals surface area contributed by atoms with Gasteiger partial charge in [-0.1, -0.05) is 64.7 Å². The van der Waals surface area contributed by atoms with Gasteiger partial charge in [0.25, 0.3) is 0 Å². The zero-order valence-corrected chi connectivity index (χ0v) is 11.7. The van der Waals surface area contributed by atoms with Crippen LogP contribution >= 0.6 is 12.6 Å². The molecule has 1 fully saturated rings. The molecule has 0 saturated carbocycles. The Balaban J connectivity index is 1.68. The maximum atomic E-state index is 5.24. The van der Waals surface area contributed by atoms with Gasteiger partial charge in [-0.15, -0.1) is 12.6 Å². The van der Waals surface area contributed by atoms with E-state index in [4.69, 9.17) is 4.74 Å². The molecule has 0 aliphatic carbocycles. The maximum absolute atomic E-state index is 5.24. The summed E-state index contributed by atoms with van der Waals surface area (Å²) in [5, 5.41) is 0. The summed E-state index contributed by atoms with van der Waals surface area (Å²) in [5.41, 5.74) is 0. The van der Waals surface area contributed by atoms with Gasteiger partial charge in [0, 0.05) is 0 Å². The van der Waals surface area contributed by atoms with Gasteiger partial charge >= 0.3 is 0 Å². The average molecular weight is 244 g/mol. The number of epoxide rings is 1. The Labute approximate surface area is 107 Å². The standard InChI is InChI=1S/C14H28OS/c1-2-3-4-5-6-7-8-9-10-11-12-14(16)13-15-14/h16H,2-13H2,1H3. The molecule has 1 nitrogen and oxygen atoms in total. The SMILES string of the molecule is CCCCCCCCCCCCC1(S)CO1. The minimum absolute atomic E-state index is 0.0137. The van der Waals surface area contributed by atoms with Gasteiger partial charge in [-0.25, -0.2) is 0 Å². The first kappa shape index (κ1) is 14.4. The molecule has 1 heterocycles. The van der Waals surface area contributed by atoms with Crippen LogP contribution in [0.1, 0.15) is 77.6 Å². The van der Waals surface area contributed by atoms with Crippen LogP contribution in [0.5, 0.6) is 0 Å². The largest absolute Gasteiger partial charge is 0.358 e. The second kappa shape index (κ2) is 8.41. The predicted octanol–water partition coefficient (Wildman–Crippen LogP) is 4.95. The summed E-state index contributed by atoms with van der Waals surface area (Å²) in [7, 11) is 0. The van der Waals surface area contributed by atoms with E-state index in [2.05, 4.69) is 19.6 Å². The highest BCUT2D eigenvalue weighted by Crippen LogP contribution is 2.36. The van der Waals surface area contributed by atoms with E-state index >= 15 is 0 Å². The minimum Gasteiger partial charge on any atom is -0.358 e. The second-order valence-electron chi connectivity index (χ2n) is 5.17. The third-order valence-corrected chi connectivity index (χ3v) is 3.88. The van der Waals surface area contributed by atoms with Gasteiger partial charge in [-0.05, 0) is 12.8 Å². The lowest BCUT2D eigenvalue weighted by atomic mass is 10.1. The zero-order valence-electron chi connectivity index (χ0n) is 10.8. The number of hydrogen-bond acceptors (Lipinski definition) is 2. The van der Waals surface area contributed by atoms with Gasteiger partial charge in [0.15, 0.2) is 0 Å². The average Bonchev–Trinajstić information content (AvgIpc) is 3.00. The lowest BCUT2D eigenvalue weighted by Gasteiger charge is -2.04. The summed E-state index contributed by atoms with van der Waals surface area (Å²) in [6.45, 7) is 3.14. The maximum Gasteiger partial charge on any atom is 0.134 e. The third-order valence-electron chi connectivity index (χ3n) is 3.40. The Bertz CT molecular complexity index is 166. The molecule has 0 N–H and O–H groups in total. The molecule has 0 spiro atoms. The fourth-order valence-corrected chi connectivity index (χ4v) is 2.34. The molecule has 0 bridgehead atoms. The quantitative estimate of drug-likeness (QED) is 0.308. The van der Waals surface area contributed by atoms with E-state index in [9.17, 15) is 0 Å². The summed E-state index contributed by atoms with van der Waals surface area (Å²) in [6.07, 6.45) is 15.2. The van der Waals surface area contributed by atoms with Gasteiger partial charge in [0.1, 0.15) is 4.93 Å². The van der Waals surface area contributed by atoms with Crippen molar-refractivity contribution in [1.82, 2.24) is 0 Å². The lowest BCUT2D eigenvalue weighted by Crippen LogP contribution is -1.99. The monoisotopic (exact) mass is 244 g/mol. The highest BCUT2D eigenvalue weighted by Gasteiger charge is 2.39. The van der Waals surface area contributed by atoms with Gasteiger partial charge < -0.3 is 4.74 Å². The van der Waals surface area contributed by atoms with Crippen molar-refractivity contribution in [3.05, 3.63) is 0 Å². The molecule has 0 aromatic heterocycles. The van der Waals surface area contributed by atoms with Gasteiger partial charge in [-0.3, -0.25) is 0 Å². The summed E-state index contributed by atoms with van der Waals surface area (Å²) in [4.78, 5) is -0.0137. The molecule has 1 aliphatic heterocycles. The normalized spacial score (nSPS) is 23.6. The molecule has 1 unspecified atom stereocenters. The molecule has 0 aromatic carbocycles. The zero-order chi connectivity index (χ0) is 11.7. The van der Waals surface area contributed by atoms with Crippen molar-refractivity contribution in [2.45, 2.75) is 82.5 Å². The molecule has 0 radical (unpaired) electrons. The van der Waals surface area contributed by atoms with E-state index < -0.39 is 0 Å². The molecule has 2 heteroatoms. The fraction of sp³-hybridized carbons (Fsp3) is 1.00. The number of hydrogen-bond donors (Lipinski definition) is 1. The van der Waals surface area contributed by atoms with Crippen molar-refractivity contribution in [3.63, 3.8) is 0 Å². The van der Waals surface area contributed by atoms with Gasteiger partial charge in [-0.2, -0.15) is 0 Å². The van der Waals surface area contributed by atoms with Crippen LogP contribution in [-0.4, -0.2) is 11.5 Å². The molecular weight excluding hydrogens is 216 g/mol. The van der Waals surface area contributed by atoms with E-state index in [0.717, 1.165) is 13.0 Å². The molecule has 16 heavy (non-hydrogen) atoms. The second-order valence-corrected chi connectivity index (χ2v) is 5.98. The Hall–Kier alpha value is 0.310. The van der Waals surface area contributed by atoms with Gasteiger partial charge in [0.2, 0.25) is 0 Å². The van der Waals surface area contributed by atoms with Crippen molar-refractivity contribution in [1.29, 1.82) is 0 Å². The Kier molecular flexibility index (Phi) is 7.55. The van der Waals surface area contributed by atoms with Crippen LogP contribution < -0.4 is 0 Å². The van der Waals surface area contributed by atoms with Crippen LogP contribution in [0.25, 0.3) is 0 Å². The molecule has 0 aromatic rings. The number of thiol groups is 1. The Morgan fingerprint density at radius 2 is 1.31 bits per heavy atom. The van der Waals surface area contributed by atoms with Crippen molar-refractivity contribution >= 4 is 12.6 Å². The van der Waals surface area contributed by atoms with Crippen LogP contribution in [0.3, 0.4) is 0 Å². The van der Waals surface area contributed by atoms with Gasteiger partial charge in [0.05, 0.1) is 6.61 Å². The van der Waals surface area contributed by atoms with Crippen LogP contribution in [-0.2, 0) is 4.74 Å². The first-order valence-corrected chi connectivity index (χ1v) is 7.58. The molecular formula is C14H28OS. The first-order chi connectivity index (χ1) is 7.77. The smallest absolute Gasteiger partial charge is 0.134 e. The summed E-state index contributed by atoms with van der Waals surface area (Å²) >= 11 is 4.43. The molecule has 1 saturated heterocycles. The predicted molar refractivity (Wildman–Crippen MR) is 74.1 cm³/mol. The Morgan fingerprint density at radius 3 is 1.75 bits per heavy atom. The number of ether oxygens (including phenoxy) is 1. The number of unbranched alkanes of at least 4 members (excludes halogenated alkanes) is 9. The highest BCUT2D eigenvalue weighted by atomic mass is 32.1. The molecule has 1 aliphatic rings. The third kappa shape index (κ3) is 7.56. The van der Waals surface area contributed by atoms with Crippen molar-refractivity contribution < 1.29 is 4.74 Å². The van der Waals surface area contributed by atoms with E-state index in [1.807, 2.05) is 0 Å². The fourth-order valence-electron chi connectivity index (χ4n) is 2.12. The Morgan fingerprint density at radius 1 is 0.875 bits per heavy atom. The summed E-state index contributed by atoms with van der Waals surface area (Å²) in [5.74, 6) is 0.